The maximum absolute atomic E-state index is 13.8. The van der Waals surface area contributed by atoms with Crippen molar-refractivity contribution in [3.05, 3.63) is 15.8 Å². The van der Waals surface area contributed by atoms with Crippen molar-refractivity contribution in [1.29, 1.82) is 0 Å². The summed E-state index contributed by atoms with van der Waals surface area (Å²) in [5.74, 6) is 5.49. The molecule has 1 amide bonds. The van der Waals surface area contributed by atoms with E-state index in [0.29, 0.717) is 42.2 Å². The molecule has 0 aliphatic heterocycles. The van der Waals surface area contributed by atoms with Gasteiger partial charge in [0.25, 0.3) is 0 Å². The van der Waals surface area contributed by atoms with Gasteiger partial charge in [0.05, 0.1) is 16.7 Å². The van der Waals surface area contributed by atoms with Gasteiger partial charge in [0.1, 0.15) is 4.88 Å². The van der Waals surface area contributed by atoms with Gasteiger partial charge in [-0.2, -0.15) is 0 Å². The van der Waals surface area contributed by atoms with Crippen molar-refractivity contribution in [2.75, 3.05) is 4.90 Å². The van der Waals surface area contributed by atoms with Crippen LogP contribution in [0.4, 0.5) is 5.69 Å². The molecule has 34 heavy (non-hydrogen) atoms. The first-order valence-corrected chi connectivity index (χ1v) is 14.2. The predicted molar refractivity (Wildman–Crippen MR) is 131 cm³/mol. The molecule has 0 unspecified atom stereocenters. The van der Waals surface area contributed by atoms with Crippen molar-refractivity contribution in [3.8, 4) is 11.8 Å². The van der Waals surface area contributed by atoms with E-state index in [1.165, 1.54) is 0 Å². The molecule has 10 heteroatoms. The summed E-state index contributed by atoms with van der Waals surface area (Å²) in [6.07, 6.45) is 4.61. The summed E-state index contributed by atoms with van der Waals surface area (Å²) in [7, 11) is -4.59. The minimum absolute atomic E-state index is 0.0603. The molecule has 2 aliphatic carbocycles. The summed E-state index contributed by atoms with van der Waals surface area (Å²) >= 11 is 1.08. The van der Waals surface area contributed by atoms with E-state index in [4.69, 9.17) is 14.3 Å². The fraction of sp³-hybridized carbons (Fsp3) is 0.667. The number of thiophene rings is 1. The standard InChI is InChI=1S/C24H34NO7PS/c1-15(2)4-13-20-14-21(22(34-20)24(27)28)25(23(26)17-7-5-16(3)6-8-17)18-9-11-19(12-10-18)32-33(29,30)31/h14-19H,5-12H2,1-3H3,(H,27,28)(H2,29,30,31)/t16-,17-,18-,19-. The zero-order valence-electron chi connectivity index (χ0n) is 19.9. The van der Waals surface area contributed by atoms with Gasteiger partial charge in [-0.3, -0.25) is 9.32 Å². The molecule has 2 fully saturated rings. The second-order valence-electron chi connectivity index (χ2n) is 9.75. The lowest BCUT2D eigenvalue weighted by Crippen LogP contribution is -2.47. The van der Waals surface area contributed by atoms with E-state index in [1.807, 2.05) is 13.8 Å². The van der Waals surface area contributed by atoms with Gasteiger partial charge in [-0.1, -0.05) is 32.6 Å². The zero-order valence-corrected chi connectivity index (χ0v) is 21.6. The van der Waals surface area contributed by atoms with Crippen LogP contribution in [0.3, 0.4) is 0 Å². The van der Waals surface area contributed by atoms with Gasteiger partial charge in [-0.25, -0.2) is 9.36 Å². The molecule has 3 rings (SSSR count). The number of amides is 1. The summed E-state index contributed by atoms with van der Waals surface area (Å²) < 4.78 is 16.1. The number of hydrogen-bond acceptors (Lipinski definition) is 5. The molecule has 0 radical (unpaired) electrons. The fourth-order valence-corrected chi connectivity index (χ4v) is 6.24. The van der Waals surface area contributed by atoms with Crippen molar-refractivity contribution in [2.45, 2.75) is 84.3 Å². The number of anilines is 1. The van der Waals surface area contributed by atoms with E-state index in [9.17, 15) is 19.3 Å². The molecule has 1 heterocycles. The number of phosphoric ester groups is 1. The lowest BCUT2D eigenvalue weighted by atomic mass is 9.81. The summed E-state index contributed by atoms with van der Waals surface area (Å²) in [6, 6.07) is 1.45. The maximum Gasteiger partial charge on any atom is 0.469 e. The Morgan fingerprint density at radius 2 is 1.74 bits per heavy atom. The Morgan fingerprint density at radius 3 is 2.26 bits per heavy atom. The summed E-state index contributed by atoms with van der Waals surface area (Å²) in [6.45, 7) is 6.09. The first kappa shape index (κ1) is 26.9. The molecule has 8 nitrogen and oxygen atoms in total. The molecule has 0 spiro atoms. The molecule has 0 bridgehead atoms. The van der Waals surface area contributed by atoms with Crippen molar-refractivity contribution in [3.63, 3.8) is 0 Å². The highest BCUT2D eigenvalue weighted by Crippen LogP contribution is 2.43. The first-order chi connectivity index (χ1) is 15.9. The summed E-state index contributed by atoms with van der Waals surface area (Å²) in [5.41, 5.74) is 0.383. The molecule has 2 saturated carbocycles. The second-order valence-corrected chi connectivity index (χ2v) is 12.0. The van der Waals surface area contributed by atoms with Gasteiger partial charge in [0.15, 0.2) is 0 Å². The van der Waals surface area contributed by atoms with Crippen LogP contribution < -0.4 is 4.90 Å². The Morgan fingerprint density at radius 1 is 1.12 bits per heavy atom. The first-order valence-electron chi connectivity index (χ1n) is 11.9. The molecular weight excluding hydrogens is 477 g/mol. The van der Waals surface area contributed by atoms with Crippen LogP contribution in [-0.4, -0.2) is 38.9 Å². The molecule has 1 aromatic rings. The number of carbonyl (C=O) groups is 2. The Balaban J connectivity index is 1.93. The zero-order chi connectivity index (χ0) is 25.0. The number of hydrogen-bond donors (Lipinski definition) is 3. The number of carbonyl (C=O) groups excluding carboxylic acids is 1. The Kier molecular flexibility index (Phi) is 8.99. The highest BCUT2D eigenvalue weighted by atomic mass is 32.1. The highest BCUT2D eigenvalue weighted by Gasteiger charge is 2.38. The fourth-order valence-electron chi connectivity index (χ4n) is 4.79. The van der Waals surface area contributed by atoms with Crippen LogP contribution in [0.25, 0.3) is 0 Å². The lowest BCUT2D eigenvalue weighted by Gasteiger charge is -2.39. The maximum atomic E-state index is 13.8. The van der Waals surface area contributed by atoms with Crippen molar-refractivity contribution < 1.29 is 33.6 Å². The van der Waals surface area contributed by atoms with E-state index in [0.717, 1.165) is 37.0 Å². The third kappa shape index (κ3) is 7.16. The molecule has 3 N–H and O–H groups in total. The van der Waals surface area contributed by atoms with Crippen molar-refractivity contribution in [1.82, 2.24) is 0 Å². The third-order valence-electron chi connectivity index (χ3n) is 6.55. The monoisotopic (exact) mass is 511 g/mol. The molecule has 2 aliphatic rings. The van der Waals surface area contributed by atoms with Gasteiger partial charge in [-0.05, 0) is 63.4 Å². The topological polar surface area (TPSA) is 124 Å². The largest absolute Gasteiger partial charge is 0.477 e. The third-order valence-corrected chi connectivity index (χ3v) is 8.15. The number of phosphoric acid groups is 1. The quantitative estimate of drug-likeness (QED) is 0.361. The minimum Gasteiger partial charge on any atom is -0.477 e. The van der Waals surface area contributed by atoms with Crippen LogP contribution in [0.5, 0.6) is 0 Å². The van der Waals surface area contributed by atoms with Crippen LogP contribution in [0.1, 0.15) is 86.7 Å². The van der Waals surface area contributed by atoms with Crippen molar-refractivity contribution in [2.24, 2.45) is 17.8 Å². The average Bonchev–Trinajstić information content (AvgIpc) is 3.17. The van der Waals surface area contributed by atoms with E-state index >= 15 is 0 Å². The van der Waals surface area contributed by atoms with E-state index in [1.54, 1.807) is 11.0 Å². The Bertz CT molecular complexity index is 989. The Labute approximate surface area is 204 Å². The smallest absolute Gasteiger partial charge is 0.469 e. The van der Waals surface area contributed by atoms with E-state index in [2.05, 4.69) is 18.8 Å². The van der Waals surface area contributed by atoms with Crippen molar-refractivity contribution >= 4 is 36.7 Å². The van der Waals surface area contributed by atoms with Gasteiger partial charge in [0, 0.05) is 17.9 Å². The molecule has 0 aromatic carbocycles. The van der Waals surface area contributed by atoms with Gasteiger partial charge >= 0.3 is 13.8 Å². The van der Waals surface area contributed by atoms with Crippen LogP contribution in [-0.2, 0) is 13.9 Å². The normalized spacial score (nSPS) is 25.5. The molecule has 188 valence electrons. The molecule has 0 saturated heterocycles. The van der Waals surface area contributed by atoms with E-state index in [-0.39, 0.29) is 28.7 Å². The van der Waals surface area contributed by atoms with Gasteiger partial charge in [0.2, 0.25) is 5.91 Å². The molecule has 0 atom stereocenters. The van der Waals surface area contributed by atoms with Crippen LogP contribution in [0.15, 0.2) is 6.07 Å². The number of carboxylic acid groups (broad SMARTS) is 1. The number of rotatable bonds is 6. The highest BCUT2D eigenvalue weighted by molar-refractivity contribution is 7.46. The lowest BCUT2D eigenvalue weighted by molar-refractivity contribution is -0.124. The Hall–Kier alpha value is -1.69. The van der Waals surface area contributed by atoms with Gasteiger partial charge in [-0.15, -0.1) is 11.3 Å². The van der Waals surface area contributed by atoms with Crippen LogP contribution >= 0.6 is 19.2 Å². The second kappa shape index (κ2) is 11.4. The minimum atomic E-state index is -4.59. The number of nitrogens with zero attached hydrogens (tertiary/aromatic N) is 1. The van der Waals surface area contributed by atoms with Crippen LogP contribution in [0.2, 0.25) is 0 Å². The molecule has 1 aromatic heterocycles. The summed E-state index contributed by atoms with van der Waals surface area (Å²) in [5, 5.41) is 9.92. The average molecular weight is 512 g/mol. The predicted octanol–water partition coefficient (Wildman–Crippen LogP) is 5.03. The van der Waals surface area contributed by atoms with Crippen LogP contribution in [0, 0.1) is 29.6 Å². The molecular formula is C24H34NO7PS. The van der Waals surface area contributed by atoms with Gasteiger partial charge < -0.3 is 19.8 Å². The number of carboxylic acids is 1. The van der Waals surface area contributed by atoms with E-state index < -0.39 is 19.9 Å². The SMILES string of the molecule is CC(C)C#Cc1cc(N(C(=O)[C@H]2CC[C@H](C)CC2)[C@H]2CC[C@H](OP(=O)(O)O)CC2)c(C(=O)O)s1. The summed E-state index contributed by atoms with van der Waals surface area (Å²) in [4.78, 5) is 46.6. The number of aromatic carboxylic acids is 1.